The predicted molar refractivity (Wildman–Crippen MR) is 69.8 cm³/mol. The van der Waals surface area contributed by atoms with Crippen molar-refractivity contribution >= 4 is 22.4 Å². The molecule has 1 aliphatic heterocycles. The van der Waals surface area contributed by atoms with Crippen LogP contribution in [0.5, 0.6) is 0 Å². The fraction of sp³-hybridized carbons (Fsp3) is 0.417. The summed E-state index contributed by atoms with van der Waals surface area (Å²) in [5.41, 5.74) is -0.0268. The lowest BCUT2D eigenvalue weighted by molar-refractivity contribution is -0.140. The maximum atomic E-state index is 12.4. The summed E-state index contributed by atoms with van der Waals surface area (Å²) in [6.07, 6.45) is 0.0807. The quantitative estimate of drug-likeness (QED) is 0.926. The van der Waals surface area contributed by atoms with Crippen LogP contribution in [0.25, 0.3) is 0 Å². The molecule has 0 saturated heterocycles. The molecule has 1 aliphatic rings. The van der Waals surface area contributed by atoms with Crippen LogP contribution in [0.4, 0.5) is 18.3 Å². The molecule has 1 N–H and O–H groups in total. The summed E-state index contributed by atoms with van der Waals surface area (Å²) < 4.78 is 39.3. The molecular formula is C12H11F3N4OS. The van der Waals surface area contributed by atoms with Gasteiger partial charge in [0.05, 0.1) is 6.33 Å². The lowest BCUT2D eigenvalue weighted by Crippen LogP contribution is -2.29. The molecule has 0 saturated carbocycles. The van der Waals surface area contributed by atoms with Crippen LogP contribution < -0.4 is 5.32 Å². The number of anilines is 1. The molecular weight excluding hydrogens is 305 g/mol. The van der Waals surface area contributed by atoms with E-state index in [1.807, 2.05) is 4.57 Å². The smallest absolute Gasteiger partial charge is 0.335 e. The van der Waals surface area contributed by atoms with Crippen molar-refractivity contribution in [2.45, 2.75) is 25.6 Å². The molecule has 0 spiro atoms. The minimum Gasteiger partial charge on any atom is -0.335 e. The Bertz CT molecular complexity index is 664. The summed E-state index contributed by atoms with van der Waals surface area (Å²) in [6.45, 7) is 0.680. The molecule has 21 heavy (non-hydrogen) atoms. The van der Waals surface area contributed by atoms with Crippen molar-refractivity contribution in [1.29, 1.82) is 0 Å². The second kappa shape index (κ2) is 5.14. The third-order valence-corrected chi connectivity index (χ3v) is 4.13. The molecule has 5 nitrogen and oxygen atoms in total. The number of imidazole rings is 1. The number of halogens is 3. The van der Waals surface area contributed by atoms with Gasteiger partial charge in [0.2, 0.25) is 5.91 Å². The van der Waals surface area contributed by atoms with Crippen molar-refractivity contribution in [3.8, 4) is 0 Å². The van der Waals surface area contributed by atoms with Crippen molar-refractivity contribution < 1.29 is 18.0 Å². The van der Waals surface area contributed by atoms with Crippen molar-refractivity contribution in [3.63, 3.8) is 0 Å². The van der Waals surface area contributed by atoms with Crippen molar-refractivity contribution in [2.24, 2.45) is 5.92 Å². The van der Waals surface area contributed by atoms with Gasteiger partial charge in [-0.15, -0.1) is 11.3 Å². The van der Waals surface area contributed by atoms with Crippen LogP contribution in [0.15, 0.2) is 17.9 Å². The number of nitrogens with one attached hydrogen (secondary N) is 1. The van der Waals surface area contributed by atoms with Gasteiger partial charge in [0, 0.05) is 36.2 Å². The van der Waals surface area contributed by atoms with E-state index < -0.39 is 11.9 Å². The summed E-state index contributed by atoms with van der Waals surface area (Å²) >= 11 is 0.775. The highest BCUT2D eigenvalue weighted by atomic mass is 32.1. The molecule has 9 heteroatoms. The Morgan fingerprint density at radius 3 is 3.00 bits per heavy atom. The maximum Gasteiger partial charge on any atom is 0.434 e. The molecule has 1 atom stereocenters. The molecule has 112 valence electrons. The number of amides is 1. The average molecular weight is 316 g/mol. The van der Waals surface area contributed by atoms with Crippen molar-refractivity contribution in [1.82, 2.24) is 14.5 Å². The SMILES string of the molecule is O=C(Nc1nc(C(F)(F)F)cs1)C1CCn2cncc2C1. The number of aromatic nitrogens is 3. The van der Waals surface area contributed by atoms with E-state index in [-0.39, 0.29) is 17.0 Å². The Kier molecular flexibility index (Phi) is 3.44. The Balaban J connectivity index is 1.66. The van der Waals surface area contributed by atoms with Gasteiger partial charge in [0.15, 0.2) is 10.8 Å². The van der Waals surface area contributed by atoms with Gasteiger partial charge in [0.1, 0.15) is 0 Å². The van der Waals surface area contributed by atoms with Gasteiger partial charge in [-0.05, 0) is 6.42 Å². The number of nitrogens with zero attached hydrogens (tertiary/aromatic N) is 3. The van der Waals surface area contributed by atoms with Crippen LogP contribution in [0.3, 0.4) is 0 Å². The Morgan fingerprint density at radius 1 is 1.48 bits per heavy atom. The third-order valence-electron chi connectivity index (χ3n) is 3.37. The van der Waals surface area contributed by atoms with Crippen LogP contribution in [0.2, 0.25) is 0 Å². The number of carbonyl (C=O) groups excluding carboxylic acids is 1. The number of rotatable bonds is 2. The molecule has 0 radical (unpaired) electrons. The molecule has 0 aliphatic carbocycles. The van der Waals surface area contributed by atoms with Crippen LogP contribution in [0.1, 0.15) is 17.8 Å². The second-order valence-electron chi connectivity index (χ2n) is 4.79. The first-order valence-corrected chi connectivity index (χ1v) is 7.14. The van der Waals surface area contributed by atoms with E-state index in [9.17, 15) is 18.0 Å². The number of thiazole rings is 1. The zero-order valence-electron chi connectivity index (χ0n) is 10.7. The largest absolute Gasteiger partial charge is 0.434 e. The molecule has 0 aromatic carbocycles. The highest BCUT2D eigenvalue weighted by molar-refractivity contribution is 7.13. The van der Waals surface area contributed by atoms with E-state index in [4.69, 9.17) is 0 Å². The first-order chi connectivity index (χ1) is 9.93. The maximum absolute atomic E-state index is 12.4. The lowest BCUT2D eigenvalue weighted by atomic mass is 9.95. The van der Waals surface area contributed by atoms with Gasteiger partial charge in [-0.3, -0.25) is 4.79 Å². The first-order valence-electron chi connectivity index (χ1n) is 6.26. The standard InChI is InChI=1S/C12H11F3N4OS/c13-12(14,15)9-5-21-11(17-9)18-10(20)7-1-2-19-6-16-4-8(19)3-7/h4-7H,1-3H2,(H,17,18,20). The fourth-order valence-corrected chi connectivity index (χ4v) is 2.98. The van der Waals surface area contributed by atoms with E-state index in [1.165, 1.54) is 0 Å². The van der Waals surface area contributed by atoms with Crippen LogP contribution in [0, 0.1) is 5.92 Å². The fourth-order valence-electron chi connectivity index (χ4n) is 2.26. The van der Waals surface area contributed by atoms with Gasteiger partial charge in [-0.2, -0.15) is 13.2 Å². The van der Waals surface area contributed by atoms with E-state index >= 15 is 0 Å². The number of hydrogen-bond donors (Lipinski definition) is 1. The number of fused-ring (bicyclic) bond motifs is 1. The monoisotopic (exact) mass is 316 g/mol. The van der Waals surface area contributed by atoms with Gasteiger partial charge in [-0.25, -0.2) is 9.97 Å². The van der Waals surface area contributed by atoms with Crippen LogP contribution in [-0.4, -0.2) is 20.4 Å². The predicted octanol–water partition coefficient (Wildman–Crippen LogP) is 2.56. The van der Waals surface area contributed by atoms with E-state index in [0.717, 1.165) is 22.4 Å². The van der Waals surface area contributed by atoms with Gasteiger partial charge >= 0.3 is 6.18 Å². The first kappa shape index (κ1) is 14.1. The molecule has 2 aromatic rings. The summed E-state index contributed by atoms with van der Waals surface area (Å²) in [7, 11) is 0. The van der Waals surface area contributed by atoms with Crippen molar-refractivity contribution in [2.75, 3.05) is 5.32 Å². The molecule has 3 rings (SSSR count). The summed E-state index contributed by atoms with van der Waals surface area (Å²) in [5.74, 6) is -0.571. The molecule has 1 unspecified atom stereocenters. The topological polar surface area (TPSA) is 59.8 Å². The Hall–Kier alpha value is -1.90. The minimum absolute atomic E-state index is 0.0218. The average Bonchev–Trinajstić information content (AvgIpc) is 3.04. The van der Waals surface area contributed by atoms with E-state index in [1.54, 1.807) is 12.5 Å². The number of carbonyl (C=O) groups is 1. The van der Waals surface area contributed by atoms with Crippen LogP contribution in [-0.2, 0) is 23.9 Å². The van der Waals surface area contributed by atoms with Crippen molar-refractivity contribution in [3.05, 3.63) is 29.3 Å². The van der Waals surface area contributed by atoms with Crippen LogP contribution >= 0.6 is 11.3 Å². The van der Waals surface area contributed by atoms with Gasteiger partial charge in [0.25, 0.3) is 0 Å². The molecule has 1 amide bonds. The molecule has 0 bridgehead atoms. The number of aryl methyl sites for hydroxylation is 1. The molecule has 3 heterocycles. The number of alkyl halides is 3. The molecule has 0 fully saturated rings. The van der Waals surface area contributed by atoms with Gasteiger partial charge < -0.3 is 9.88 Å². The summed E-state index contributed by atoms with van der Waals surface area (Å²) in [4.78, 5) is 19.5. The molecule has 2 aromatic heterocycles. The lowest BCUT2D eigenvalue weighted by Gasteiger charge is -2.22. The minimum atomic E-state index is -4.49. The Morgan fingerprint density at radius 2 is 2.29 bits per heavy atom. The number of hydrogen-bond acceptors (Lipinski definition) is 4. The second-order valence-corrected chi connectivity index (χ2v) is 5.65. The van der Waals surface area contributed by atoms with E-state index in [0.29, 0.717) is 19.4 Å². The highest BCUT2D eigenvalue weighted by Gasteiger charge is 2.34. The zero-order valence-corrected chi connectivity index (χ0v) is 11.5. The third kappa shape index (κ3) is 2.92. The Labute approximate surface area is 121 Å². The van der Waals surface area contributed by atoms with E-state index in [2.05, 4.69) is 15.3 Å². The zero-order chi connectivity index (χ0) is 15.0. The summed E-state index contributed by atoms with van der Waals surface area (Å²) in [6, 6.07) is 0. The highest BCUT2D eigenvalue weighted by Crippen LogP contribution is 2.32. The summed E-state index contributed by atoms with van der Waals surface area (Å²) in [5, 5.41) is 3.34. The van der Waals surface area contributed by atoms with Gasteiger partial charge in [-0.1, -0.05) is 0 Å². The normalized spacial score (nSPS) is 18.3.